The smallest absolute Gasteiger partial charge is 0.248 e. The van der Waals surface area contributed by atoms with Crippen LogP contribution in [-0.2, 0) is 9.53 Å². The summed E-state index contributed by atoms with van der Waals surface area (Å²) in [6.07, 6.45) is 4.97. The molecule has 2 heterocycles. The van der Waals surface area contributed by atoms with Gasteiger partial charge in [-0.1, -0.05) is 0 Å². The van der Waals surface area contributed by atoms with E-state index in [0.717, 1.165) is 25.9 Å². The van der Waals surface area contributed by atoms with Crippen molar-refractivity contribution < 1.29 is 9.53 Å². The van der Waals surface area contributed by atoms with E-state index in [1.54, 1.807) is 7.11 Å². The second-order valence-corrected chi connectivity index (χ2v) is 4.79. The highest BCUT2D eigenvalue weighted by molar-refractivity contribution is 5.77. The molecule has 0 aromatic carbocycles. The van der Waals surface area contributed by atoms with Crippen LogP contribution in [0.4, 0.5) is 0 Å². The molecule has 2 fully saturated rings. The molecular formula is C12H22N2O2. The first kappa shape index (κ1) is 11.9. The van der Waals surface area contributed by atoms with E-state index < -0.39 is 0 Å². The van der Waals surface area contributed by atoms with Gasteiger partial charge in [-0.25, -0.2) is 0 Å². The zero-order valence-corrected chi connectivity index (χ0v) is 10.2. The average Bonchev–Trinajstić information content (AvgIpc) is 2.83. The van der Waals surface area contributed by atoms with E-state index in [0.29, 0.717) is 6.04 Å². The van der Waals surface area contributed by atoms with Gasteiger partial charge in [-0.3, -0.25) is 4.79 Å². The van der Waals surface area contributed by atoms with Crippen LogP contribution in [0.3, 0.4) is 0 Å². The molecule has 2 rings (SSSR count). The molecule has 16 heavy (non-hydrogen) atoms. The van der Waals surface area contributed by atoms with Gasteiger partial charge in [0.1, 0.15) is 6.61 Å². The van der Waals surface area contributed by atoms with E-state index >= 15 is 0 Å². The van der Waals surface area contributed by atoms with E-state index in [1.807, 2.05) is 4.90 Å². The van der Waals surface area contributed by atoms with Crippen LogP contribution >= 0.6 is 0 Å². The fourth-order valence-electron chi connectivity index (χ4n) is 2.80. The van der Waals surface area contributed by atoms with Crippen LogP contribution in [0.5, 0.6) is 0 Å². The van der Waals surface area contributed by atoms with Crippen molar-refractivity contribution in [1.29, 1.82) is 0 Å². The lowest BCUT2D eigenvalue weighted by atomic mass is 10.0. The van der Waals surface area contributed by atoms with Crippen LogP contribution in [0.1, 0.15) is 25.7 Å². The first-order chi connectivity index (χ1) is 7.81. The zero-order valence-electron chi connectivity index (χ0n) is 10.2. The number of piperidine rings is 1. The van der Waals surface area contributed by atoms with Crippen LogP contribution in [0, 0.1) is 0 Å². The maximum atomic E-state index is 11.6. The van der Waals surface area contributed by atoms with Crippen LogP contribution in [-0.4, -0.2) is 61.6 Å². The molecule has 2 aliphatic rings. The van der Waals surface area contributed by atoms with Crippen molar-refractivity contribution in [1.82, 2.24) is 9.80 Å². The van der Waals surface area contributed by atoms with Gasteiger partial charge in [-0.2, -0.15) is 0 Å². The number of rotatable bonds is 3. The Morgan fingerprint density at radius 2 is 1.81 bits per heavy atom. The van der Waals surface area contributed by atoms with Crippen molar-refractivity contribution in [3.8, 4) is 0 Å². The molecule has 0 aromatic heterocycles. The van der Waals surface area contributed by atoms with E-state index in [2.05, 4.69) is 4.90 Å². The van der Waals surface area contributed by atoms with E-state index in [9.17, 15) is 4.79 Å². The normalized spacial score (nSPS) is 23.9. The Bertz CT molecular complexity index is 231. The maximum absolute atomic E-state index is 11.6. The second-order valence-electron chi connectivity index (χ2n) is 4.79. The van der Waals surface area contributed by atoms with Crippen molar-refractivity contribution in [3.63, 3.8) is 0 Å². The average molecular weight is 226 g/mol. The quantitative estimate of drug-likeness (QED) is 0.711. The van der Waals surface area contributed by atoms with Gasteiger partial charge in [0.15, 0.2) is 0 Å². The Hall–Kier alpha value is -0.610. The highest BCUT2D eigenvalue weighted by Gasteiger charge is 2.27. The summed E-state index contributed by atoms with van der Waals surface area (Å²) in [5.74, 6) is 0.141. The minimum atomic E-state index is 0.141. The molecule has 0 bridgehead atoms. The van der Waals surface area contributed by atoms with Gasteiger partial charge >= 0.3 is 0 Å². The van der Waals surface area contributed by atoms with Gasteiger partial charge in [-0.15, -0.1) is 0 Å². The fraction of sp³-hybridized carbons (Fsp3) is 0.917. The topological polar surface area (TPSA) is 32.8 Å². The summed E-state index contributed by atoms with van der Waals surface area (Å²) in [5, 5.41) is 0. The third-order valence-corrected chi connectivity index (χ3v) is 3.74. The summed E-state index contributed by atoms with van der Waals surface area (Å²) >= 11 is 0. The molecule has 0 aliphatic carbocycles. The summed E-state index contributed by atoms with van der Waals surface area (Å²) in [6, 6.07) is 0.717. The molecule has 0 radical (unpaired) electrons. The highest BCUT2D eigenvalue weighted by atomic mass is 16.5. The summed E-state index contributed by atoms with van der Waals surface area (Å²) in [7, 11) is 1.58. The molecule has 2 saturated heterocycles. The Labute approximate surface area is 97.5 Å². The van der Waals surface area contributed by atoms with E-state index in [4.69, 9.17) is 4.74 Å². The molecule has 2 aliphatic heterocycles. The minimum absolute atomic E-state index is 0.141. The molecule has 4 heteroatoms. The molecule has 0 unspecified atom stereocenters. The second kappa shape index (κ2) is 5.64. The van der Waals surface area contributed by atoms with E-state index in [-0.39, 0.29) is 12.5 Å². The monoisotopic (exact) mass is 226 g/mol. The molecule has 0 spiro atoms. The van der Waals surface area contributed by atoms with Crippen LogP contribution in [0.2, 0.25) is 0 Å². The Morgan fingerprint density at radius 3 is 2.38 bits per heavy atom. The maximum Gasteiger partial charge on any atom is 0.248 e. The molecule has 0 atom stereocenters. The SMILES string of the molecule is COCC(=O)N1CCC(N2CCCC2)CC1. The number of nitrogens with zero attached hydrogens (tertiary/aromatic N) is 2. The van der Waals surface area contributed by atoms with Gasteiger partial charge in [0.05, 0.1) is 0 Å². The summed E-state index contributed by atoms with van der Waals surface area (Å²) in [6.45, 7) is 4.56. The largest absolute Gasteiger partial charge is 0.375 e. The third kappa shape index (κ3) is 2.74. The van der Waals surface area contributed by atoms with Crippen molar-refractivity contribution in [2.75, 3.05) is 39.9 Å². The minimum Gasteiger partial charge on any atom is -0.375 e. The van der Waals surface area contributed by atoms with Gasteiger partial charge in [0, 0.05) is 26.2 Å². The van der Waals surface area contributed by atoms with Gasteiger partial charge in [0.25, 0.3) is 0 Å². The highest BCUT2D eigenvalue weighted by Crippen LogP contribution is 2.20. The Kier molecular flexibility index (Phi) is 4.18. The summed E-state index contributed by atoms with van der Waals surface area (Å²) < 4.78 is 4.88. The first-order valence-corrected chi connectivity index (χ1v) is 6.32. The predicted molar refractivity (Wildman–Crippen MR) is 62.3 cm³/mol. The fourth-order valence-corrected chi connectivity index (χ4v) is 2.80. The van der Waals surface area contributed by atoms with Gasteiger partial charge in [0.2, 0.25) is 5.91 Å². The lowest BCUT2D eigenvalue weighted by Crippen LogP contribution is -2.46. The lowest BCUT2D eigenvalue weighted by molar-refractivity contribution is -0.136. The molecule has 1 amide bonds. The Balaban J connectivity index is 1.75. The van der Waals surface area contributed by atoms with E-state index in [1.165, 1.54) is 25.9 Å². The summed E-state index contributed by atoms with van der Waals surface area (Å²) in [4.78, 5) is 16.1. The van der Waals surface area contributed by atoms with Crippen LogP contribution in [0.25, 0.3) is 0 Å². The number of hydrogen-bond acceptors (Lipinski definition) is 3. The molecule has 0 aromatic rings. The number of amides is 1. The number of hydrogen-bond donors (Lipinski definition) is 0. The molecular weight excluding hydrogens is 204 g/mol. The van der Waals surface area contributed by atoms with Crippen molar-refractivity contribution in [3.05, 3.63) is 0 Å². The summed E-state index contributed by atoms with van der Waals surface area (Å²) in [5.41, 5.74) is 0. The van der Waals surface area contributed by atoms with Crippen molar-refractivity contribution >= 4 is 5.91 Å². The van der Waals surface area contributed by atoms with Crippen LogP contribution < -0.4 is 0 Å². The number of ether oxygens (including phenoxy) is 1. The third-order valence-electron chi connectivity index (χ3n) is 3.74. The molecule has 0 N–H and O–H groups in total. The van der Waals surface area contributed by atoms with Gasteiger partial charge < -0.3 is 14.5 Å². The number of likely N-dealkylation sites (tertiary alicyclic amines) is 2. The first-order valence-electron chi connectivity index (χ1n) is 6.32. The standard InChI is InChI=1S/C12H22N2O2/c1-16-10-12(15)14-8-4-11(5-9-14)13-6-2-3-7-13/h11H,2-10H2,1H3. The number of carbonyl (C=O) groups is 1. The van der Waals surface area contributed by atoms with Crippen molar-refractivity contribution in [2.45, 2.75) is 31.7 Å². The van der Waals surface area contributed by atoms with Crippen LogP contribution in [0.15, 0.2) is 0 Å². The number of carbonyl (C=O) groups excluding carboxylic acids is 1. The molecule has 92 valence electrons. The molecule has 0 saturated carbocycles. The number of methoxy groups -OCH3 is 1. The molecule has 4 nitrogen and oxygen atoms in total. The predicted octanol–water partition coefficient (Wildman–Crippen LogP) is 0.720. The zero-order chi connectivity index (χ0) is 11.4. The van der Waals surface area contributed by atoms with Crippen molar-refractivity contribution in [2.24, 2.45) is 0 Å². The Morgan fingerprint density at radius 1 is 1.19 bits per heavy atom. The lowest BCUT2D eigenvalue weighted by Gasteiger charge is -2.36. The van der Waals surface area contributed by atoms with Gasteiger partial charge in [-0.05, 0) is 38.8 Å².